The molecule has 1 unspecified atom stereocenters. The van der Waals surface area contributed by atoms with E-state index in [4.69, 9.17) is 14.2 Å². The molecule has 0 radical (unpaired) electrons. The number of carbonyl (C=O) groups excluding carboxylic acids is 3. The van der Waals surface area contributed by atoms with Gasteiger partial charge in [-0.1, -0.05) is 296 Å². The first-order valence-electron chi connectivity index (χ1n) is 33.2. The van der Waals surface area contributed by atoms with E-state index < -0.39 is 6.10 Å². The summed E-state index contributed by atoms with van der Waals surface area (Å²) in [5.74, 6) is -0.911. The predicted molar refractivity (Wildman–Crippen MR) is 348 cm³/mol. The number of esters is 3. The van der Waals surface area contributed by atoms with Crippen LogP contribution in [0.3, 0.4) is 0 Å². The summed E-state index contributed by atoms with van der Waals surface area (Å²) in [4.78, 5) is 38.4. The first-order valence-corrected chi connectivity index (χ1v) is 33.2. The van der Waals surface area contributed by atoms with Crippen molar-refractivity contribution in [2.75, 3.05) is 13.2 Å². The largest absolute Gasteiger partial charge is 0.462 e. The summed E-state index contributed by atoms with van der Waals surface area (Å²) >= 11 is 0. The Hall–Kier alpha value is -4.45. The third kappa shape index (κ3) is 64.4. The lowest BCUT2D eigenvalue weighted by atomic mass is 10.0. The van der Waals surface area contributed by atoms with Crippen LogP contribution in [0.4, 0.5) is 0 Å². The van der Waals surface area contributed by atoms with E-state index in [-0.39, 0.29) is 31.1 Å². The predicted octanol–water partition coefficient (Wildman–Crippen LogP) is 22.9. The molecule has 0 N–H and O–H groups in total. The maximum absolute atomic E-state index is 12.9. The SMILES string of the molecule is CC/C=C\C/C=C\C/C=C\C/C=C\C/C=C\C/C=C\CCCCCCCCCCC(=O)OCC(COC(=O)CCCCCCCCCCCCCCCC)OC(=O)CCCCCCC/C=C\C/C=C\C/C=C\C/C=C\C/C=C\CC. The van der Waals surface area contributed by atoms with E-state index in [0.29, 0.717) is 19.3 Å². The van der Waals surface area contributed by atoms with Crippen LogP contribution in [0.5, 0.6) is 0 Å². The molecule has 1 atom stereocenters. The van der Waals surface area contributed by atoms with E-state index in [1.165, 1.54) is 103 Å². The standard InChI is InChI=1S/C74H122O6/c1-4-7-10-13-16-19-22-25-28-30-32-34-35-36-37-38-39-41-42-44-46-49-52-55-58-61-64-67-73(76)79-70-71(69-78-72(75)66-63-60-57-54-51-48-27-24-21-18-15-12-9-6-3)80-74(77)68-65-62-59-56-53-50-47-45-43-40-33-31-29-26-23-20-17-14-11-8-5-2/h7-8,10-11,16-17,19-20,25-26,28-29,32-34,36-37,39-41,45,47,71H,4-6,9,12-15,18,21-24,27,30-31,35,38,42-44,46,48-70H2,1-3H3/b10-7-,11-8-,19-16-,20-17-,28-25-,29-26-,34-32-,37-36-,40-33-,41-39-,47-45-. The summed E-state index contributed by atoms with van der Waals surface area (Å²) in [6.45, 7) is 6.41. The van der Waals surface area contributed by atoms with Crippen LogP contribution in [-0.4, -0.2) is 37.2 Å². The Labute approximate surface area is 494 Å². The number of carbonyl (C=O) groups is 3. The van der Waals surface area contributed by atoms with Crippen molar-refractivity contribution in [1.29, 1.82) is 0 Å². The summed E-state index contributed by atoms with van der Waals surface area (Å²) < 4.78 is 16.9. The Kier molecular flexibility index (Phi) is 63.3. The molecule has 0 fully saturated rings. The van der Waals surface area contributed by atoms with E-state index in [1.807, 2.05) is 0 Å². The molecule has 454 valence electrons. The van der Waals surface area contributed by atoms with Crippen LogP contribution in [0.2, 0.25) is 0 Å². The van der Waals surface area contributed by atoms with Crippen LogP contribution in [0.15, 0.2) is 134 Å². The minimum absolute atomic E-state index is 0.0896. The van der Waals surface area contributed by atoms with E-state index in [0.717, 1.165) is 154 Å². The Bertz CT molecular complexity index is 1700. The zero-order valence-electron chi connectivity index (χ0n) is 52.0. The molecule has 0 saturated carbocycles. The van der Waals surface area contributed by atoms with Gasteiger partial charge in [0.25, 0.3) is 0 Å². The van der Waals surface area contributed by atoms with Gasteiger partial charge in [-0.05, 0) is 116 Å². The number of hydrogen-bond donors (Lipinski definition) is 0. The number of ether oxygens (including phenoxy) is 3. The van der Waals surface area contributed by atoms with E-state index in [2.05, 4.69) is 154 Å². The van der Waals surface area contributed by atoms with Crippen LogP contribution in [0, 0.1) is 0 Å². The minimum Gasteiger partial charge on any atom is -0.462 e. The van der Waals surface area contributed by atoms with Gasteiger partial charge in [0.1, 0.15) is 13.2 Å². The fourth-order valence-corrected chi connectivity index (χ4v) is 9.00. The van der Waals surface area contributed by atoms with E-state index in [1.54, 1.807) is 0 Å². The second kappa shape index (κ2) is 67.1. The van der Waals surface area contributed by atoms with E-state index >= 15 is 0 Å². The molecule has 0 heterocycles. The summed E-state index contributed by atoms with van der Waals surface area (Å²) in [5.41, 5.74) is 0. The van der Waals surface area contributed by atoms with Gasteiger partial charge in [-0.15, -0.1) is 0 Å². The van der Waals surface area contributed by atoms with Gasteiger partial charge in [-0.2, -0.15) is 0 Å². The lowest BCUT2D eigenvalue weighted by molar-refractivity contribution is -0.167. The maximum atomic E-state index is 12.9. The molecule has 0 bridgehead atoms. The van der Waals surface area contributed by atoms with Gasteiger partial charge in [-0.3, -0.25) is 14.4 Å². The van der Waals surface area contributed by atoms with Gasteiger partial charge in [-0.25, -0.2) is 0 Å². The van der Waals surface area contributed by atoms with Gasteiger partial charge in [0.05, 0.1) is 0 Å². The molecule has 0 aromatic heterocycles. The highest BCUT2D eigenvalue weighted by molar-refractivity contribution is 5.71. The third-order valence-corrected chi connectivity index (χ3v) is 13.9. The first-order chi connectivity index (χ1) is 39.5. The fourth-order valence-electron chi connectivity index (χ4n) is 9.00. The molecule has 0 aromatic rings. The Balaban J connectivity index is 4.40. The van der Waals surface area contributed by atoms with Crippen molar-refractivity contribution in [1.82, 2.24) is 0 Å². The third-order valence-electron chi connectivity index (χ3n) is 13.9. The van der Waals surface area contributed by atoms with Crippen LogP contribution >= 0.6 is 0 Å². The monoisotopic (exact) mass is 1110 g/mol. The summed E-state index contributed by atoms with van der Waals surface area (Å²) in [5, 5.41) is 0. The summed E-state index contributed by atoms with van der Waals surface area (Å²) in [6, 6.07) is 0. The highest BCUT2D eigenvalue weighted by atomic mass is 16.6. The molecule has 0 spiro atoms. The van der Waals surface area contributed by atoms with Crippen molar-refractivity contribution in [3.05, 3.63) is 134 Å². The molecule has 0 saturated heterocycles. The van der Waals surface area contributed by atoms with Crippen molar-refractivity contribution in [2.45, 2.75) is 303 Å². The van der Waals surface area contributed by atoms with Gasteiger partial charge in [0.2, 0.25) is 0 Å². The molecule has 0 aliphatic rings. The van der Waals surface area contributed by atoms with Crippen molar-refractivity contribution >= 4 is 17.9 Å². The van der Waals surface area contributed by atoms with Crippen LogP contribution in [0.25, 0.3) is 0 Å². The van der Waals surface area contributed by atoms with Crippen molar-refractivity contribution < 1.29 is 28.6 Å². The first kappa shape index (κ1) is 75.5. The highest BCUT2D eigenvalue weighted by Crippen LogP contribution is 2.16. The quantitative estimate of drug-likeness (QED) is 0.0261. The Morgan fingerprint density at radius 1 is 0.263 bits per heavy atom. The zero-order valence-corrected chi connectivity index (χ0v) is 52.0. The Morgan fingerprint density at radius 2 is 0.487 bits per heavy atom. The lowest BCUT2D eigenvalue weighted by Crippen LogP contribution is -2.30. The zero-order chi connectivity index (χ0) is 57.8. The summed E-state index contributed by atoms with van der Waals surface area (Å²) in [7, 11) is 0. The molecule has 80 heavy (non-hydrogen) atoms. The second-order valence-electron chi connectivity index (χ2n) is 21.6. The maximum Gasteiger partial charge on any atom is 0.306 e. The lowest BCUT2D eigenvalue weighted by Gasteiger charge is -2.18. The van der Waals surface area contributed by atoms with Gasteiger partial charge in [0.15, 0.2) is 6.10 Å². The average Bonchev–Trinajstić information content (AvgIpc) is 3.46. The molecule has 6 nitrogen and oxygen atoms in total. The normalized spacial score (nSPS) is 13.0. The highest BCUT2D eigenvalue weighted by Gasteiger charge is 2.19. The summed E-state index contributed by atoms with van der Waals surface area (Å²) in [6.07, 6.45) is 94.5. The van der Waals surface area contributed by atoms with Crippen molar-refractivity contribution in [3.63, 3.8) is 0 Å². The second-order valence-corrected chi connectivity index (χ2v) is 21.6. The smallest absolute Gasteiger partial charge is 0.306 e. The number of rotatable bonds is 59. The number of allylic oxidation sites excluding steroid dienone is 22. The molecule has 6 heteroatoms. The van der Waals surface area contributed by atoms with Crippen LogP contribution < -0.4 is 0 Å². The van der Waals surface area contributed by atoms with Crippen LogP contribution in [0.1, 0.15) is 297 Å². The van der Waals surface area contributed by atoms with Crippen LogP contribution in [-0.2, 0) is 28.6 Å². The number of unbranched alkanes of at least 4 members (excludes halogenated alkanes) is 26. The van der Waals surface area contributed by atoms with Crippen molar-refractivity contribution in [2.24, 2.45) is 0 Å². The molecule has 0 rings (SSSR count). The molecular formula is C74H122O6. The minimum atomic E-state index is -0.797. The molecule has 0 aliphatic heterocycles. The van der Waals surface area contributed by atoms with Gasteiger partial charge < -0.3 is 14.2 Å². The van der Waals surface area contributed by atoms with Crippen molar-refractivity contribution in [3.8, 4) is 0 Å². The van der Waals surface area contributed by atoms with Gasteiger partial charge >= 0.3 is 17.9 Å². The Morgan fingerprint density at radius 3 is 0.762 bits per heavy atom. The molecule has 0 aliphatic carbocycles. The molecule has 0 aromatic carbocycles. The topological polar surface area (TPSA) is 78.9 Å². The van der Waals surface area contributed by atoms with Gasteiger partial charge in [0, 0.05) is 19.3 Å². The number of hydrogen-bond acceptors (Lipinski definition) is 6. The molecule has 0 amide bonds. The molecular weight excluding hydrogens is 985 g/mol. The average molecular weight is 1110 g/mol. The van der Waals surface area contributed by atoms with E-state index in [9.17, 15) is 14.4 Å². The fraction of sp³-hybridized carbons (Fsp3) is 0.662.